The molecule has 0 bridgehead atoms. The molecule has 9 heteroatoms. The zero-order chi connectivity index (χ0) is 15.6. The van der Waals surface area contributed by atoms with E-state index in [1.54, 1.807) is 13.1 Å². The van der Waals surface area contributed by atoms with E-state index in [0.717, 1.165) is 12.1 Å². The largest absolute Gasteiger partial charge is 0.492 e. The van der Waals surface area contributed by atoms with Gasteiger partial charge in [-0.15, -0.1) is 0 Å². The molecule has 4 N–H and O–H groups in total. The van der Waals surface area contributed by atoms with Gasteiger partial charge in [-0.1, -0.05) is 0 Å². The molecule has 0 saturated carbocycles. The molecular formula is C12H15FN4O3S. The number of rotatable bonds is 5. The van der Waals surface area contributed by atoms with Gasteiger partial charge in [0.15, 0.2) is 11.6 Å². The summed E-state index contributed by atoms with van der Waals surface area (Å²) in [5.41, 5.74) is 5.49. The monoisotopic (exact) mass is 314 g/mol. The fraction of sp³-hybridized carbons (Fsp3) is 0.250. The topological polar surface area (TPSA) is 110 Å². The number of nitrogens with two attached hydrogens (primary N) is 1. The van der Waals surface area contributed by atoms with Crippen molar-refractivity contribution < 1.29 is 17.5 Å². The Balaban J connectivity index is 2.32. The Bertz CT molecular complexity index is 708. The first kappa shape index (κ1) is 15.3. The van der Waals surface area contributed by atoms with Crippen LogP contribution in [0, 0.1) is 5.82 Å². The van der Waals surface area contributed by atoms with E-state index in [0.29, 0.717) is 5.82 Å². The highest BCUT2D eigenvalue weighted by Crippen LogP contribution is 2.28. The first-order valence-corrected chi connectivity index (χ1v) is 7.48. The Kier molecular flexibility index (Phi) is 4.14. The summed E-state index contributed by atoms with van der Waals surface area (Å²) in [7, 11) is -2.69. The van der Waals surface area contributed by atoms with Gasteiger partial charge in [-0.05, 0) is 19.1 Å². The molecule has 0 saturated heterocycles. The van der Waals surface area contributed by atoms with Crippen molar-refractivity contribution in [3.05, 3.63) is 36.2 Å². The molecule has 1 aromatic heterocycles. The minimum absolute atomic E-state index is 0.0940. The van der Waals surface area contributed by atoms with E-state index in [9.17, 15) is 12.8 Å². The molecule has 0 amide bonds. The zero-order valence-corrected chi connectivity index (χ0v) is 12.2. The zero-order valence-electron chi connectivity index (χ0n) is 11.4. The molecule has 2 aromatic rings. The first-order valence-electron chi connectivity index (χ1n) is 5.99. The van der Waals surface area contributed by atoms with Gasteiger partial charge >= 0.3 is 0 Å². The van der Waals surface area contributed by atoms with Crippen molar-refractivity contribution >= 4 is 15.7 Å². The van der Waals surface area contributed by atoms with Crippen LogP contribution < -0.4 is 15.2 Å². The van der Waals surface area contributed by atoms with Crippen molar-refractivity contribution in [2.24, 2.45) is 0 Å². The Morgan fingerprint density at radius 1 is 1.48 bits per heavy atom. The molecule has 2 rings (SSSR count). The summed E-state index contributed by atoms with van der Waals surface area (Å²) in [6.07, 6.45) is 3.08. The number of nitrogens with one attached hydrogen (secondary N) is 2. The highest BCUT2D eigenvalue weighted by molar-refractivity contribution is 7.89. The molecule has 1 unspecified atom stereocenters. The first-order chi connectivity index (χ1) is 9.85. The fourth-order valence-electron chi connectivity index (χ4n) is 1.83. The van der Waals surface area contributed by atoms with Gasteiger partial charge in [0.1, 0.15) is 5.82 Å². The minimum atomic E-state index is -3.94. The molecule has 0 aliphatic rings. The Morgan fingerprint density at radius 3 is 2.71 bits per heavy atom. The average Bonchev–Trinajstić information content (AvgIpc) is 2.91. The van der Waals surface area contributed by atoms with Gasteiger partial charge in [-0.25, -0.2) is 22.5 Å². The fourth-order valence-corrected chi connectivity index (χ4v) is 3.08. The molecule has 0 radical (unpaired) electrons. The van der Waals surface area contributed by atoms with Crippen LogP contribution >= 0.6 is 0 Å². The van der Waals surface area contributed by atoms with Crippen LogP contribution in [0.1, 0.15) is 18.8 Å². The smallest absolute Gasteiger partial charge is 0.241 e. The van der Waals surface area contributed by atoms with E-state index in [2.05, 4.69) is 14.7 Å². The maximum absolute atomic E-state index is 13.7. The third kappa shape index (κ3) is 3.14. The summed E-state index contributed by atoms with van der Waals surface area (Å²) in [6.45, 7) is 1.61. The number of nitrogens with zero attached hydrogens (tertiary/aromatic N) is 1. The molecule has 114 valence electrons. The molecular weight excluding hydrogens is 299 g/mol. The summed E-state index contributed by atoms with van der Waals surface area (Å²) in [5.74, 6) is -0.586. The molecule has 0 fully saturated rings. The van der Waals surface area contributed by atoms with Gasteiger partial charge in [0.25, 0.3) is 0 Å². The van der Waals surface area contributed by atoms with Crippen LogP contribution in [0.2, 0.25) is 0 Å². The maximum atomic E-state index is 13.7. The number of aromatic nitrogens is 2. The van der Waals surface area contributed by atoms with Crippen LogP contribution in [0.3, 0.4) is 0 Å². The Labute approximate surface area is 121 Å². The molecule has 0 aliphatic carbocycles. The summed E-state index contributed by atoms with van der Waals surface area (Å²) in [4.78, 5) is 6.47. The molecule has 1 heterocycles. The summed E-state index contributed by atoms with van der Waals surface area (Å²) < 4.78 is 45.3. The van der Waals surface area contributed by atoms with Crippen molar-refractivity contribution in [3.63, 3.8) is 0 Å². The van der Waals surface area contributed by atoms with Crippen LogP contribution in [-0.2, 0) is 10.0 Å². The van der Waals surface area contributed by atoms with Crippen LogP contribution in [0.25, 0.3) is 0 Å². The number of hydrogen-bond donors (Lipinski definition) is 3. The number of benzene rings is 1. The van der Waals surface area contributed by atoms with E-state index < -0.39 is 21.9 Å². The third-order valence-electron chi connectivity index (χ3n) is 2.82. The summed E-state index contributed by atoms with van der Waals surface area (Å²) in [6, 6.07) is 1.39. The standard InChI is InChI=1S/C12H15FN4O3S/c1-7(12-15-3-4-16-12)17-21(18,19)8-5-9(13)11(20-2)10(14)6-8/h3-7,17H,14H2,1-2H3,(H,15,16). The van der Waals surface area contributed by atoms with Crippen LogP contribution in [0.4, 0.5) is 10.1 Å². The van der Waals surface area contributed by atoms with Gasteiger partial charge in [0, 0.05) is 12.4 Å². The number of ether oxygens (including phenoxy) is 1. The molecule has 1 atom stereocenters. The number of hydrogen-bond acceptors (Lipinski definition) is 5. The van der Waals surface area contributed by atoms with Crippen molar-refractivity contribution in [1.82, 2.24) is 14.7 Å². The van der Waals surface area contributed by atoms with Crippen molar-refractivity contribution in [1.29, 1.82) is 0 Å². The SMILES string of the molecule is COc1c(N)cc(S(=O)(=O)NC(C)c2ncc[nH]2)cc1F. The van der Waals surface area contributed by atoms with E-state index in [1.807, 2.05) is 0 Å². The number of halogens is 1. The summed E-state index contributed by atoms with van der Waals surface area (Å²) in [5, 5.41) is 0. The number of methoxy groups -OCH3 is 1. The molecule has 0 spiro atoms. The highest BCUT2D eigenvalue weighted by Gasteiger charge is 2.22. The lowest BCUT2D eigenvalue weighted by Gasteiger charge is -2.14. The highest BCUT2D eigenvalue weighted by atomic mass is 32.2. The van der Waals surface area contributed by atoms with Gasteiger partial charge < -0.3 is 15.5 Å². The molecule has 21 heavy (non-hydrogen) atoms. The van der Waals surface area contributed by atoms with Gasteiger partial charge in [0.2, 0.25) is 10.0 Å². The lowest BCUT2D eigenvalue weighted by molar-refractivity contribution is 0.388. The predicted molar refractivity (Wildman–Crippen MR) is 74.7 cm³/mol. The van der Waals surface area contributed by atoms with E-state index in [1.165, 1.54) is 13.3 Å². The number of sulfonamides is 1. The van der Waals surface area contributed by atoms with E-state index >= 15 is 0 Å². The minimum Gasteiger partial charge on any atom is -0.492 e. The number of anilines is 1. The second kappa shape index (κ2) is 5.70. The predicted octanol–water partition coefficient (Wildman–Crippen LogP) is 1.18. The van der Waals surface area contributed by atoms with Gasteiger partial charge in [-0.2, -0.15) is 0 Å². The van der Waals surface area contributed by atoms with E-state index in [-0.39, 0.29) is 16.3 Å². The normalized spacial score (nSPS) is 13.1. The van der Waals surface area contributed by atoms with Crippen LogP contribution in [0.15, 0.2) is 29.4 Å². The Morgan fingerprint density at radius 2 is 2.19 bits per heavy atom. The Hall–Kier alpha value is -2.13. The number of aromatic amines is 1. The second-order valence-electron chi connectivity index (χ2n) is 4.34. The quantitative estimate of drug-likeness (QED) is 0.718. The van der Waals surface area contributed by atoms with Crippen LogP contribution in [0.5, 0.6) is 5.75 Å². The second-order valence-corrected chi connectivity index (χ2v) is 6.06. The third-order valence-corrected chi connectivity index (χ3v) is 4.34. The lowest BCUT2D eigenvalue weighted by Crippen LogP contribution is -2.27. The summed E-state index contributed by atoms with van der Waals surface area (Å²) >= 11 is 0. The van der Waals surface area contributed by atoms with Crippen LogP contribution in [-0.4, -0.2) is 25.5 Å². The van der Waals surface area contributed by atoms with Gasteiger partial charge in [-0.3, -0.25) is 0 Å². The number of H-pyrrole nitrogens is 1. The van der Waals surface area contributed by atoms with Crippen molar-refractivity contribution in [2.75, 3.05) is 12.8 Å². The van der Waals surface area contributed by atoms with Gasteiger partial charge in [0.05, 0.1) is 23.7 Å². The number of imidazole rings is 1. The average molecular weight is 314 g/mol. The number of nitrogen functional groups attached to an aromatic ring is 1. The lowest BCUT2D eigenvalue weighted by atomic mass is 10.3. The molecule has 7 nitrogen and oxygen atoms in total. The van der Waals surface area contributed by atoms with E-state index in [4.69, 9.17) is 10.5 Å². The molecule has 1 aromatic carbocycles. The van der Waals surface area contributed by atoms with Crippen molar-refractivity contribution in [3.8, 4) is 5.75 Å². The molecule has 0 aliphatic heterocycles. The maximum Gasteiger partial charge on any atom is 0.241 e. The van der Waals surface area contributed by atoms with Crippen molar-refractivity contribution in [2.45, 2.75) is 17.9 Å².